The van der Waals surface area contributed by atoms with Crippen LogP contribution in [-0.4, -0.2) is 13.7 Å². The molecule has 1 fully saturated rings. The van der Waals surface area contributed by atoms with Crippen LogP contribution in [0.5, 0.6) is 0 Å². The van der Waals surface area contributed by atoms with Gasteiger partial charge in [0.05, 0.1) is 5.25 Å². The van der Waals surface area contributed by atoms with Crippen LogP contribution in [0, 0.1) is 0 Å². The molecule has 0 unspecified atom stereocenters. The summed E-state index contributed by atoms with van der Waals surface area (Å²) >= 11 is 0. The third-order valence-corrected chi connectivity index (χ3v) is 3.27. The molecule has 0 spiro atoms. The molecule has 0 aliphatic heterocycles. The Kier molecular flexibility index (Phi) is 2.23. The molecular formula is C7H13NO2S. The maximum absolute atomic E-state index is 11.1. The predicted molar refractivity (Wildman–Crippen MR) is 44.5 cm³/mol. The molecule has 1 N–H and O–H groups in total. The van der Waals surface area contributed by atoms with E-state index in [1.54, 1.807) is 0 Å². The highest BCUT2D eigenvalue weighted by Crippen LogP contribution is 2.27. The molecule has 0 aromatic heterocycles. The lowest BCUT2D eigenvalue weighted by molar-refractivity contribution is 0.589. The van der Waals surface area contributed by atoms with E-state index in [1.807, 2.05) is 13.8 Å². The summed E-state index contributed by atoms with van der Waals surface area (Å²) in [6.07, 6.45) is 3.16. The highest BCUT2D eigenvalue weighted by atomic mass is 32.2. The van der Waals surface area contributed by atoms with Crippen molar-refractivity contribution >= 4 is 10.0 Å². The van der Waals surface area contributed by atoms with Gasteiger partial charge in [-0.3, -0.25) is 4.72 Å². The normalized spacial score (nSPS) is 17.6. The molecule has 1 rings (SSSR count). The molecule has 0 heterocycles. The summed E-state index contributed by atoms with van der Waals surface area (Å²) in [6, 6.07) is 0. The Morgan fingerprint density at radius 1 is 1.45 bits per heavy atom. The first-order chi connectivity index (χ1) is 5.02. The Labute approximate surface area is 67.5 Å². The Morgan fingerprint density at radius 2 is 2.00 bits per heavy atom. The minimum absolute atomic E-state index is 0.127. The van der Waals surface area contributed by atoms with Gasteiger partial charge in [0.1, 0.15) is 0 Å². The van der Waals surface area contributed by atoms with Crippen LogP contribution in [0.4, 0.5) is 0 Å². The van der Waals surface area contributed by atoms with Crippen LogP contribution in [0.2, 0.25) is 0 Å². The SMILES string of the molecule is CC(C)=CNS(=O)(=O)C1CC1. The topological polar surface area (TPSA) is 46.2 Å². The number of nitrogens with one attached hydrogen (secondary N) is 1. The van der Waals surface area contributed by atoms with Gasteiger partial charge in [-0.2, -0.15) is 0 Å². The summed E-state index contributed by atoms with van der Waals surface area (Å²) in [6.45, 7) is 3.71. The number of allylic oxidation sites excluding steroid dienone is 1. The molecule has 1 saturated carbocycles. The minimum atomic E-state index is -3.01. The van der Waals surface area contributed by atoms with E-state index in [0.717, 1.165) is 18.4 Å². The van der Waals surface area contributed by atoms with Gasteiger partial charge in [0.25, 0.3) is 0 Å². The number of sulfonamides is 1. The summed E-state index contributed by atoms with van der Waals surface area (Å²) in [5, 5.41) is -0.127. The van der Waals surface area contributed by atoms with Crippen molar-refractivity contribution in [1.82, 2.24) is 4.72 Å². The van der Waals surface area contributed by atoms with Crippen LogP contribution < -0.4 is 4.72 Å². The zero-order valence-corrected chi connectivity index (χ0v) is 7.61. The molecule has 0 aromatic rings. The third kappa shape index (κ3) is 2.54. The van der Waals surface area contributed by atoms with E-state index in [2.05, 4.69) is 4.72 Å². The molecular weight excluding hydrogens is 162 g/mol. The average molecular weight is 175 g/mol. The van der Waals surface area contributed by atoms with Crippen LogP contribution >= 0.6 is 0 Å². The van der Waals surface area contributed by atoms with Crippen LogP contribution in [0.25, 0.3) is 0 Å². The fourth-order valence-corrected chi connectivity index (χ4v) is 2.02. The largest absolute Gasteiger partial charge is 0.290 e. The molecule has 64 valence electrons. The first-order valence-corrected chi connectivity index (χ1v) is 5.21. The van der Waals surface area contributed by atoms with Gasteiger partial charge < -0.3 is 0 Å². The molecule has 1 aliphatic carbocycles. The first kappa shape index (κ1) is 8.59. The molecule has 0 radical (unpaired) electrons. The van der Waals surface area contributed by atoms with E-state index in [-0.39, 0.29) is 5.25 Å². The van der Waals surface area contributed by atoms with Gasteiger partial charge in [-0.1, -0.05) is 5.57 Å². The van der Waals surface area contributed by atoms with Crippen molar-refractivity contribution in [3.8, 4) is 0 Å². The van der Waals surface area contributed by atoms with Gasteiger partial charge in [0.15, 0.2) is 0 Å². The highest BCUT2D eigenvalue weighted by molar-refractivity contribution is 7.90. The van der Waals surface area contributed by atoms with Crippen LogP contribution in [0.15, 0.2) is 11.8 Å². The van der Waals surface area contributed by atoms with Crippen molar-refractivity contribution in [3.05, 3.63) is 11.8 Å². The zero-order chi connectivity index (χ0) is 8.48. The lowest BCUT2D eigenvalue weighted by Crippen LogP contribution is -2.22. The average Bonchev–Trinajstić information content (AvgIpc) is 2.64. The molecule has 1 aliphatic rings. The highest BCUT2D eigenvalue weighted by Gasteiger charge is 2.34. The van der Waals surface area contributed by atoms with E-state index < -0.39 is 10.0 Å². The van der Waals surface area contributed by atoms with Crippen molar-refractivity contribution in [2.45, 2.75) is 31.9 Å². The molecule has 0 bridgehead atoms. The van der Waals surface area contributed by atoms with Gasteiger partial charge in [-0.15, -0.1) is 0 Å². The summed E-state index contributed by atoms with van der Waals surface area (Å²) in [4.78, 5) is 0. The summed E-state index contributed by atoms with van der Waals surface area (Å²) in [7, 11) is -3.01. The summed E-state index contributed by atoms with van der Waals surface area (Å²) < 4.78 is 24.7. The second kappa shape index (κ2) is 2.85. The Balaban J connectivity index is 2.54. The van der Waals surface area contributed by atoms with Crippen LogP contribution in [-0.2, 0) is 10.0 Å². The second-order valence-corrected chi connectivity index (χ2v) is 5.08. The van der Waals surface area contributed by atoms with Gasteiger partial charge in [0, 0.05) is 6.20 Å². The zero-order valence-electron chi connectivity index (χ0n) is 6.79. The molecule has 0 aromatic carbocycles. The molecule has 3 nitrogen and oxygen atoms in total. The van der Waals surface area contributed by atoms with E-state index in [4.69, 9.17) is 0 Å². The van der Waals surface area contributed by atoms with Gasteiger partial charge in [-0.05, 0) is 26.7 Å². The van der Waals surface area contributed by atoms with Crippen molar-refractivity contribution in [3.63, 3.8) is 0 Å². The number of hydrogen-bond donors (Lipinski definition) is 1. The van der Waals surface area contributed by atoms with Crippen molar-refractivity contribution in [2.75, 3.05) is 0 Å². The monoisotopic (exact) mass is 175 g/mol. The standard InChI is InChI=1S/C7H13NO2S/c1-6(2)5-8-11(9,10)7-3-4-7/h5,7-8H,3-4H2,1-2H3. The van der Waals surface area contributed by atoms with E-state index >= 15 is 0 Å². The maximum atomic E-state index is 11.1. The Morgan fingerprint density at radius 3 is 2.36 bits per heavy atom. The predicted octanol–water partition coefficient (Wildman–Crippen LogP) is 0.992. The van der Waals surface area contributed by atoms with Gasteiger partial charge >= 0.3 is 0 Å². The van der Waals surface area contributed by atoms with Crippen LogP contribution in [0.1, 0.15) is 26.7 Å². The molecule has 11 heavy (non-hydrogen) atoms. The smallest absolute Gasteiger partial charge is 0.235 e. The first-order valence-electron chi connectivity index (χ1n) is 3.67. The van der Waals surface area contributed by atoms with E-state index in [9.17, 15) is 8.42 Å². The lowest BCUT2D eigenvalue weighted by atomic mass is 10.4. The molecule has 4 heteroatoms. The van der Waals surface area contributed by atoms with E-state index in [1.165, 1.54) is 6.20 Å². The van der Waals surface area contributed by atoms with Crippen LogP contribution in [0.3, 0.4) is 0 Å². The number of rotatable bonds is 3. The van der Waals surface area contributed by atoms with Crippen molar-refractivity contribution < 1.29 is 8.42 Å². The Bertz CT molecular complexity index is 258. The van der Waals surface area contributed by atoms with Crippen molar-refractivity contribution in [1.29, 1.82) is 0 Å². The maximum Gasteiger partial charge on any atom is 0.235 e. The summed E-state index contributed by atoms with van der Waals surface area (Å²) in [5.41, 5.74) is 0.967. The minimum Gasteiger partial charge on any atom is -0.290 e. The fraction of sp³-hybridized carbons (Fsp3) is 0.714. The Hall–Kier alpha value is -0.510. The van der Waals surface area contributed by atoms with Crippen molar-refractivity contribution in [2.24, 2.45) is 0 Å². The second-order valence-electron chi connectivity index (χ2n) is 3.08. The molecule has 0 amide bonds. The molecule has 0 atom stereocenters. The van der Waals surface area contributed by atoms with E-state index in [0.29, 0.717) is 0 Å². The summed E-state index contributed by atoms with van der Waals surface area (Å²) in [5.74, 6) is 0. The fourth-order valence-electron chi connectivity index (χ4n) is 0.675. The number of hydrogen-bond acceptors (Lipinski definition) is 2. The third-order valence-electron chi connectivity index (χ3n) is 1.48. The quantitative estimate of drug-likeness (QED) is 0.695. The van der Waals surface area contributed by atoms with Gasteiger partial charge in [-0.25, -0.2) is 8.42 Å². The molecule has 0 saturated heterocycles. The lowest BCUT2D eigenvalue weighted by Gasteiger charge is -2.00. The van der Waals surface area contributed by atoms with Gasteiger partial charge in [0.2, 0.25) is 10.0 Å².